The molecule has 4 heteroatoms. The number of carbonyl (C=O) groups excluding carboxylic acids is 1. The van der Waals surface area contributed by atoms with Gasteiger partial charge >= 0.3 is 5.97 Å². The highest BCUT2D eigenvalue weighted by atomic mass is 19.1. The molecule has 19 heavy (non-hydrogen) atoms. The lowest BCUT2D eigenvalue weighted by Crippen LogP contribution is -2.08. The van der Waals surface area contributed by atoms with E-state index >= 15 is 0 Å². The van der Waals surface area contributed by atoms with Crippen LogP contribution >= 0.6 is 0 Å². The molecule has 0 atom stereocenters. The third-order valence-corrected chi connectivity index (χ3v) is 3.14. The van der Waals surface area contributed by atoms with E-state index in [0.29, 0.717) is 17.9 Å². The summed E-state index contributed by atoms with van der Waals surface area (Å²) in [4.78, 5) is 11.5. The fraction of sp³-hybridized carbons (Fsp3) is 0.133. The summed E-state index contributed by atoms with van der Waals surface area (Å²) in [5.41, 5.74) is 3.16. The summed E-state index contributed by atoms with van der Waals surface area (Å²) in [6.07, 6.45) is 0. The molecule has 0 aromatic heterocycles. The van der Waals surface area contributed by atoms with E-state index in [1.807, 2.05) is 6.07 Å². The second-order valence-electron chi connectivity index (χ2n) is 4.29. The third-order valence-electron chi connectivity index (χ3n) is 3.14. The summed E-state index contributed by atoms with van der Waals surface area (Å²) >= 11 is 0. The van der Waals surface area contributed by atoms with Crippen LogP contribution in [0.15, 0.2) is 36.4 Å². The molecule has 0 amide bonds. The molecule has 1 aliphatic heterocycles. The summed E-state index contributed by atoms with van der Waals surface area (Å²) < 4.78 is 23.3. The zero-order valence-electron chi connectivity index (χ0n) is 10.3. The van der Waals surface area contributed by atoms with Crippen molar-refractivity contribution in [2.75, 3.05) is 7.11 Å². The van der Waals surface area contributed by atoms with Gasteiger partial charge in [0.15, 0.2) is 0 Å². The molecule has 0 radical (unpaired) electrons. The minimum Gasteiger partial charge on any atom is -0.488 e. The van der Waals surface area contributed by atoms with Gasteiger partial charge in [0.05, 0.1) is 12.7 Å². The lowest BCUT2D eigenvalue weighted by molar-refractivity contribution is 0.0600. The quantitative estimate of drug-likeness (QED) is 0.737. The van der Waals surface area contributed by atoms with Crippen LogP contribution < -0.4 is 4.74 Å². The van der Waals surface area contributed by atoms with Crippen molar-refractivity contribution in [2.24, 2.45) is 0 Å². The second-order valence-corrected chi connectivity index (χ2v) is 4.29. The van der Waals surface area contributed by atoms with Crippen molar-refractivity contribution < 1.29 is 18.7 Å². The number of hydrogen-bond donors (Lipinski definition) is 0. The number of benzene rings is 2. The first kappa shape index (κ1) is 11.7. The van der Waals surface area contributed by atoms with E-state index in [-0.39, 0.29) is 11.8 Å². The highest BCUT2D eigenvalue weighted by molar-refractivity contribution is 5.91. The molecule has 3 rings (SSSR count). The summed E-state index contributed by atoms with van der Waals surface area (Å²) in [5.74, 6) is -0.181. The van der Waals surface area contributed by atoms with Crippen LogP contribution in [-0.2, 0) is 11.3 Å². The van der Waals surface area contributed by atoms with Crippen molar-refractivity contribution in [3.05, 3.63) is 53.3 Å². The van der Waals surface area contributed by atoms with Gasteiger partial charge in [0, 0.05) is 11.6 Å². The Bertz CT molecular complexity index is 664. The van der Waals surface area contributed by atoms with Gasteiger partial charge in [0.2, 0.25) is 0 Å². The maximum Gasteiger partial charge on any atom is 0.337 e. The molecule has 2 aromatic carbocycles. The van der Waals surface area contributed by atoms with Gasteiger partial charge in [-0.15, -0.1) is 0 Å². The standard InChI is InChI=1S/C15H11FO3/c1-18-15(17)9-2-4-12-10(6-9)8-19-14-7-11(16)3-5-13(12)14/h2-7H,8H2,1H3. The van der Waals surface area contributed by atoms with E-state index in [0.717, 1.165) is 16.7 Å². The zero-order valence-corrected chi connectivity index (χ0v) is 10.3. The minimum absolute atomic E-state index is 0.316. The van der Waals surface area contributed by atoms with Crippen LogP contribution in [0.2, 0.25) is 0 Å². The van der Waals surface area contributed by atoms with Crippen molar-refractivity contribution in [1.82, 2.24) is 0 Å². The first-order chi connectivity index (χ1) is 9.19. The maximum absolute atomic E-state index is 13.1. The SMILES string of the molecule is COC(=O)c1ccc2c(c1)COc1cc(F)ccc1-2. The molecule has 0 bridgehead atoms. The molecule has 3 nitrogen and oxygen atoms in total. The molecular weight excluding hydrogens is 247 g/mol. The second kappa shape index (κ2) is 4.39. The van der Waals surface area contributed by atoms with Gasteiger partial charge in [0.1, 0.15) is 18.2 Å². The van der Waals surface area contributed by atoms with Gasteiger partial charge in [-0.3, -0.25) is 0 Å². The summed E-state index contributed by atoms with van der Waals surface area (Å²) in [6, 6.07) is 9.72. The van der Waals surface area contributed by atoms with E-state index in [1.54, 1.807) is 18.2 Å². The number of fused-ring (bicyclic) bond motifs is 3. The molecule has 0 aliphatic carbocycles. The first-order valence-electron chi connectivity index (χ1n) is 5.83. The van der Waals surface area contributed by atoms with Crippen LogP contribution in [-0.4, -0.2) is 13.1 Å². The number of halogens is 1. The van der Waals surface area contributed by atoms with E-state index in [1.165, 1.54) is 19.2 Å². The monoisotopic (exact) mass is 258 g/mol. The molecule has 1 heterocycles. The smallest absolute Gasteiger partial charge is 0.337 e. The van der Waals surface area contributed by atoms with Crippen molar-refractivity contribution in [3.63, 3.8) is 0 Å². The van der Waals surface area contributed by atoms with Crippen LogP contribution in [0.1, 0.15) is 15.9 Å². The van der Waals surface area contributed by atoms with Crippen molar-refractivity contribution in [3.8, 4) is 16.9 Å². The molecule has 1 aliphatic rings. The Morgan fingerprint density at radius 2 is 2.00 bits per heavy atom. The number of carbonyl (C=O) groups is 1. The van der Waals surface area contributed by atoms with Crippen molar-refractivity contribution >= 4 is 5.97 Å². The van der Waals surface area contributed by atoms with E-state index in [4.69, 9.17) is 4.74 Å². The van der Waals surface area contributed by atoms with Crippen LogP contribution in [0.5, 0.6) is 5.75 Å². The topological polar surface area (TPSA) is 35.5 Å². The van der Waals surface area contributed by atoms with Crippen molar-refractivity contribution in [2.45, 2.75) is 6.61 Å². The highest BCUT2D eigenvalue weighted by Crippen LogP contribution is 2.38. The molecule has 0 unspecified atom stereocenters. The molecule has 2 aromatic rings. The lowest BCUT2D eigenvalue weighted by atomic mass is 9.95. The summed E-state index contributed by atoms with van der Waals surface area (Å²) in [7, 11) is 1.34. The largest absolute Gasteiger partial charge is 0.488 e. The van der Waals surface area contributed by atoms with Gasteiger partial charge in [-0.1, -0.05) is 6.07 Å². The molecule has 0 N–H and O–H groups in total. The maximum atomic E-state index is 13.1. The summed E-state index contributed by atoms with van der Waals surface area (Å²) in [5, 5.41) is 0. The van der Waals surface area contributed by atoms with Crippen molar-refractivity contribution in [1.29, 1.82) is 0 Å². The Kier molecular flexibility index (Phi) is 2.71. The van der Waals surface area contributed by atoms with Gasteiger partial charge in [-0.2, -0.15) is 0 Å². The van der Waals surface area contributed by atoms with Crippen LogP contribution in [0.25, 0.3) is 11.1 Å². The molecule has 0 fully saturated rings. The molecule has 96 valence electrons. The Morgan fingerprint density at radius 1 is 1.21 bits per heavy atom. The normalized spacial score (nSPS) is 12.1. The average molecular weight is 258 g/mol. The number of methoxy groups -OCH3 is 1. The molecular formula is C15H11FO3. The van der Waals surface area contributed by atoms with Gasteiger partial charge in [-0.05, 0) is 35.4 Å². The molecule has 0 saturated carbocycles. The number of rotatable bonds is 1. The van der Waals surface area contributed by atoms with Crippen LogP contribution in [0.3, 0.4) is 0 Å². The first-order valence-corrected chi connectivity index (χ1v) is 5.83. The number of esters is 1. The Hall–Kier alpha value is -2.36. The fourth-order valence-electron chi connectivity index (χ4n) is 2.21. The van der Waals surface area contributed by atoms with Gasteiger partial charge in [-0.25, -0.2) is 9.18 Å². The predicted molar refractivity (Wildman–Crippen MR) is 67.5 cm³/mol. The highest BCUT2D eigenvalue weighted by Gasteiger charge is 2.19. The van der Waals surface area contributed by atoms with E-state index in [2.05, 4.69) is 4.74 Å². The zero-order chi connectivity index (χ0) is 13.4. The molecule has 0 spiro atoms. The van der Waals surface area contributed by atoms with Gasteiger partial charge in [0.25, 0.3) is 0 Å². The molecule has 0 saturated heterocycles. The Balaban J connectivity index is 2.10. The van der Waals surface area contributed by atoms with Gasteiger partial charge < -0.3 is 9.47 Å². The van der Waals surface area contributed by atoms with Crippen LogP contribution in [0.4, 0.5) is 4.39 Å². The van der Waals surface area contributed by atoms with E-state index in [9.17, 15) is 9.18 Å². The van der Waals surface area contributed by atoms with Crippen LogP contribution in [0, 0.1) is 5.82 Å². The third kappa shape index (κ3) is 1.95. The Morgan fingerprint density at radius 3 is 2.79 bits per heavy atom. The number of hydrogen-bond acceptors (Lipinski definition) is 3. The fourth-order valence-corrected chi connectivity index (χ4v) is 2.21. The average Bonchev–Trinajstić information content (AvgIpc) is 2.45. The Labute approximate surface area is 109 Å². The summed E-state index contributed by atoms with van der Waals surface area (Å²) in [6.45, 7) is 0.316. The predicted octanol–water partition coefficient (Wildman–Crippen LogP) is 3.17. The minimum atomic E-state index is -0.382. The lowest BCUT2D eigenvalue weighted by Gasteiger charge is -2.21. The van der Waals surface area contributed by atoms with E-state index < -0.39 is 0 Å². The number of ether oxygens (including phenoxy) is 2.